The molecule has 3 rings (SSSR count). The molecule has 2 aromatic rings. The molecule has 0 aromatic carbocycles. The SMILES string of the molecule is Cc1sccc1-c1cncc(CNC2CC2)c1. The lowest BCUT2D eigenvalue weighted by atomic mass is 10.1. The van der Waals surface area contributed by atoms with Gasteiger partial charge in [0.05, 0.1) is 0 Å². The molecule has 3 heteroatoms. The molecule has 2 aromatic heterocycles. The topological polar surface area (TPSA) is 24.9 Å². The normalized spacial score (nSPS) is 15.1. The second-order valence-corrected chi connectivity index (χ2v) is 5.75. The Labute approximate surface area is 106 Å². The van der Waals surface area contributed by atoms with Crippen molar-refractivity contribution < 1.29 is 0 Å². The minimum Gasteiger partial charge on any atom is -0.310 e. The smallest absolute Gasteiger partial charge is 0.0346 e. The largest absolute Gasteiger partial charge is 0.310 e. The third-order valence-electron chi connectivity index (χ3n) is 3.14. The van der Waals surface area contributed by atoms with E-state index >= 15 is 0 Å². The molecule has 1 N–H and O–H groups in total. The number of nitrogens with zero attached hydrogens (tertiary/aromatic N) is 1. The Morgan fingerprint density at radius 2 is 2.29 bits per heavy atom. The molecular weight excluding hydrogens is 228 g/mol. The molecule has 0 amide bonds. The van der Waals surface area contributed by atoms with Crippen molar-refractivity contribution in [3.05, 3.63) is 40.3 Å². The van der Waals surface area contributed by atoms with E-state index in [-0.39, 0.29) is 0 Å². The number of thiophene rings is 1. The monoisotopic (exact) mass is 244 g/mol. The first-order valence-corrected chi connectivity index (χ1v) is 6.92. The molecule has 2 heterocycles. The van der Waals surface area contributed by atoms with E-state index in [1.54, 1.807) is 11.3 Å². The predicted octanol–water partition coefficient (Wildman–Crippen LogP) is 3.37. The van der Waals surface area contributed by atoms with E-state index in [4.69, 9.17) is 0 Å². The Morgan fingerprint density at radius 1 is 1.41 bits per heavy atom. The average molecular weight is 244 g/mol. The lowest BCUT2D eigenvalue weighted by Gasteiger charge is -2.05. The Morgan fingerprint density at radius 3 is 3.00 bits per heavy atom. The zero-order chi connectivity index (χ0) is 11.7. The fourth-order valence-electron chi connectivity index (χ4n) is 1.97. The molecule has 0 aliphatic heterocycles. The average Bonchev–Trinajstić information content (AvgIpc) is 3.08. The highest BCUT2D eigenvalue weighted by atomic mass is 32.1. The number of nitrogens with one attached hydrogen (secondary N) is 1. The number of rotatable bonds is 4. The van der Waals surface area contributed by atoms with Gasteiger partial charge in [-0.05, 0) is 48.4 Å². The molecule has 88 valence electrons. The number of aromatic nitrogens is 1. The van der Waals surface area contributed by atoms with Gasteiger partial charge in [-0.15, -0.1) is 11.3 Å². The summed E-state index contributed by atoms with van der Waals surface area (Å²) in [7, 11) is 0. The van der Waals surface area contributed by atoms with Gasteiger partial charge in [-0.2, -0.15) is 0 Å². The maximum atomic E-state index is 4.34. The van der Waals surface area contributed by atoms with Crippen molar-refractivity contribution in [3.8, 4) is 11.1 Å². The van der Waals surface area contributed by atoms with Gasteiger partial charge in [0, 0.05) is 35.4 Å². The number of pyridine rings is 1. The molecule has 0 bridgehead atoms. The minimum absolute atomic E-state index is 0.751. The Hall–Kier alpha value is -1.19. The van der Waals surface area contributed by atoms with Gasteiger partial charge in [-0.1, -0.05) is 0 Å². The maximum absolute atomic E-state index is 4.34. The van der Waals surface area contributed by atoms with Crippen molar-refractivity contribution in [1.82, 2.24) is 10.3 Å². The molecular formula is C14H16N2S. The van der Waals surface area contributed by atoms with Crippen LogP contribution in [0.4, 0.5) is 0 Å². The summed E-state index contributed by atoms with van der Waals surface area (Å²) in [6, 6.07) is 5.17. The van der Waals surface area contributed by atoms with Crippen molar-refractivity contribution >= 4 is 11.3 Å². The fourth-order valence-corrected chi connectivity index (χ4v) is 2.69. The van der Waals surface area contributed by atoms with Crippen LogP contribution in [-0.2, 0) is 6.54 Å². The van der Waals surface area contributed by atoms with Crippen LogP contribution in [-0.4, -0.2) is 11.0 Å². The fraction of sp³-hybridized carbons (Fsp3) is 0.357. The molecule has 1 saturated carbocycles. The highest BCUT2D eigenvalue weighted by Crippen LogP contribution is 2.27. The molecule has 0 spiro atoms. The first kappa shape index (κ1) is 10.9. The molecule has 17 heavy (non-hydrogen) atoms. The van der Waals surface area contributed by atoms with E-state index in [0.29, 0.717) is 0 Å². The van der Waals surface area contributed by atoms with Crippen LogP contribution in [0.1, 0.15) is 23.3 Å². The molecule has 0 atom stereocenters. The van der Waals surface area contributed by atoms with Gasteiger partial charge in [-0.25, -0.2) is 0 Å². The van der Waals surface area contributed by atoms with Gasteiger partial charge >= 0.3 is 0 Å². The van der Waals surface area contributed by atoms with E-state index in [1.807, 2.05) is 12.4 Å². The molecule has 1 aliphatic rings. The summed E-state index contributed by atoms with van der Waals surface area (Å²) in [5.74, 6) is 0. The highest BCUT2D eigenvalue weighted by molar-refractivity contribution is 7.10. The first-order chi connectivity index (χ1) is 8.33. The number of hydrogen-bond acceptors (Lipinski definition) is 3. The molecule has 0 radical (unpaired) electrons. The molecule has 2 nitrogen and oxygen atoms in total. The molecule has 1 fully saturated rings. The molecule has 0 saturated heterocycles. The second kappa shape index (κ2) is 4.59. The maximum Gasteiger partial charge on any atom is 0.0346 e. The first-order valence-electron chi connectivity index (χ1n) is 6.05. The van der Waals surface area contributed by atoms with Crippen molar-refractivity contribution in [2.75, 3.05) is 0 Å². The van der Waals surface area contributed by atoms with E-state index in [9.17, 15) is 0 Å². The van der Waals surface area contributed by atoms with Gasteiger partial charge in [0.15, 0.2) is 0 Å². The summed E-state index contributed by atoms with van der Waals surface area (Å²) in [5.41, 5.74) is 3.83. The van der Waals surface area contributed by atoms with E-state index in [0.717, 1.165) is 12.6 Å². The Balaban J connectivity index is 1.80. The summed E-state index contributed by atoms with van der Waals surface area (Å²) in [5, 5.41) is 5.66. The lowest BCUT2D eigenvalue weighted by Crippen LogP contribution is -2.15. The van der Waals surface area contributed by atoms with Crippen molar-refractivity contribution in [2.45, 2.75) is 32.4 Å². The molecule has 0 unspecified atom stereocenters. The van der Waals surface area contributed by atoms with Crippen LogP contribution in [0.25, 0.3) is 11.1 Å². The van der Waals surface area contributed by atoms with Crippen molar-refractivity contribution in [2.24, 2.45) is 0 Å². The second-order valence-electron chi connectivity index (χ2n) is 4.63. The van der Waals surface area contributed by atoms with Crippen LogP contribution in [0.5, 0.6) is 0 Å². The third-order valence-corrected chi connectivity index (χ3v) is 3.98. The van der Waals surface area contributed by atoms with E-state index in [1.165, 1.54) is 34.4 Å². The summed E-state index contributed by atoms with van der Waals surface area (Å²) < 4.78 is 0. The van der Waals surface area contributed by atoms with Crippen LogP contribution >= 0.6 is 11.3 Å². The van der Waals surface area contributed by atoms with Crippen molar-refractivity contribution in [3.63, 3.8) is 0 Å². The Bertz CT molecular complexity index is 514. The van der Waals surface area contributed by atoms with Gasteiger partial charge in [0.25, 0.3) is 0 Å². The van der Waals surface area contributed by atoms with Crippen LogP contribution in [0, 0.1) is 6.92 Å². The standard InChI is InChI=1S/C14H16N2S/c1-10-14(4-5-17-10)12-6-11(7-15-9-12)8-16-13-2-3-13/h4-7,9,13,16H,2-3,8H2,1H3. The van der Waals surface area contributed by atoms with Crippen LogP contribution in [0.15, 0.2) is 29.9 Å². The van der Waals surface area contributed by atoms with Crippen LogP contribution < -0.4 is 5.32 Å². The van der Waals surface area contributed by atoms with Gasteiger partial charge in [0.1, 0.15) is 0 Å². The summed E-state index contributed by atoms with van der Waals surface area (Å²) in [4.78, 5) is 5.70. The number of hydrogen-bond donors (Lipinski definition) is 1. The molecule has 1 aliphatic carbocycles. The Kier molecular flexibility index (Phi) is 2.95. The summed E-state index contributed by atoms with van der Waals surface area (Å²) in [6.07, 6.45) is 6.57. The van der Waals surface area contributed by atoms with E-state index in [2.05, 4.69) is 34.7 Å². The zero-order valence-corrected chi connectivity index (χ0v) is 10.8. The van der Waals surface area contributed by atoms with Gasteiger partial charge in [-0.3, -0.25) is 4.98 Å². The lowest BCUT2D eigenvalue weighted by molar-refractivity contribution is 0.686. The predicted molar refractivity (Wildman–Crippen MR) is 72.1 cm³/mol. The van der Waals surface area contributed by atoms with Crippen LogP contribution in [0.2, 0.25) is 0 Å². The number of aryl methyl sites for hydroxylation is 1. The zero-order valence-electron chi connectivity index (χ0n) is 9.94. The van der Waals surface area contributed by atoms with E-state index < -0.39 is 0 Å². The minimum atomic E-state index is 0.751. The summed E-state index contributed by atoms with van der Waals surface area (Å²) >= 11 is 1.79. The van der Waals surface area contributed by atoms with Gasteiger partial charge < -0.3 is 5.32 Å². The van der Waals surface area contributed by atoms with Crippen molar-refractivity contribution in [1.29, 1.82) is 0 Å². The third kappa shape index (κ3) is 2.56. The summed E-state index contributed by atoms with van der Waals surface area (Å²) in [6.45, 7) is 3.10. The van der Waals surface area contributed by atoms with Gasteiger partial charge in [0.2, 0.25) is 0 Å². The highest BCUT2D eigenvalue weighted by Gasteiger charge is 2.19. The quantitative estimate of drug-likeness (QED) is 0.892. The van der Waals surface area contributed by atoms with Crippen LogP contribution in [0.3, 0.4) is 0 Å².